The van der Waals surface area contributed by atoms with E-state index in [1.54, 1.807) is 0 Å². The maximum Gasteiger partial charge on any atom is 0.335 e. The van der Waals surface area contributed by atoms with Crippen molar-refractivity contribution in [3.63, 3.8) is 0 Å². The molecule has 1 unspecified atom stereocenters. The van der Waals surface area contributed by atoms with Crippen molar-refractivity contribution in [1.29, 1.82) is 0 Å². The van der Waals surface area contributed by atoms with Crippen molar-refractivity contribution < 1.29 is 63.5 Å². The van der Waals surface area contributed by atoms with Gasteiger partial charge < -0.3 is 58.7 Å². The second-order valence-corrected chi connectivity index (χ2v) is 19.6. The summed E-state index contributed by atoms with van der Waals surface area (Å²) in [5.74, 6) is -3.71. The SMILES string of the molecule is CC1=C[C@@]2(O[C@H](C[C@@](C)(O)C(=O)O)CC[C@H]2O)O[C@H]([C@H](C)CC[C@H]2CC[C@@]3(CC[C@H]4O[C@H]([C@@H](O)C[C@H](C)[C@H]5O[C@@]6(CCCCO6)CC[C@H]5C)C(C)[C@@H](O)[C@@H]4O3)O2)C1. The normalized spacial score (nSPS) is 46.6. The first-order valence-corrected chi connectivity index (χ1v) is 22.3. The fourth-order valence-corrected chi connectivity index (χ4v) is 11.2. The van der Waals surface area contributed by atoms with E-state index in [1.165, 1.54) is 6.92 Å². The number of aliphatic hydroxyl groups is 4. The van der Waals surface area contributed by atoms with E-state index >= 15 is 0 Å². The highest BCUT2D eigenvalue weighted by atomic mass is 16.7. The number of rotatable bonds is 11. The first kappa shape index (κ1) is 43.8. The highest BCUT2D eigenvalue weighted by molar-refractivity contribution is 5.76. The smallest absolute Gasteiger partial charge is 0.335 e. The lowest BCUT2D eigenvalue weighted by Crippen LogP contribution is -2.62. The van der Waals surface area contributed by atoms with Crippen LogP contribution in [0.2, 0.25) is 0 Å². The summed E-state index contributed by atoms with van der Waals surface area (Å²) in [7, 11) is 0. The molecule has 57 heavy (non-hydrogen) atoms. The minimum atomic E-state index is -1.95. The number of carbonyl (C=O) groups is 1. The fourth-order valence-electron chi connectivity index (χ4n) is 11.2. The summed E-state index contributed by atoms with van der Waals surface area (Å²) < 4.78 is 45.7. The molecule has 7 rings (SSSR count). The molecule has 13 heteroatoms. The maximum absolute atomic E-state index is 11.7. The summed E-state index contributed by atoms with van der Waals surface area (Å²) in [5.41, 5.74) is -0.913. The van der Waals surface area contributed by atoms with Crippen LogP contribution in [-0.4, -0.2) is 122 Å². The van der Waals surface area contributed by atoms with Crippen LogP contribution in [0.5, 0.6) is 0 Å². The number of ether oxygens (including phenoxy) is 7. The molecule has 7 heterocycles. The number of hydrogen-bond donors (Lipinski definition) is 5. The van der Waals surface area contributed by atoms with Crippen molar-refractivity contribution in [1.82, 2.24) is 0 Å². The Balaban J connectivity index is 0.896. The molecule has 0 saturated carbocycles. The molecule has 0 amide bonds. The van der Waals surface area contributed by atoms with Crippen LogP contribution >= 0.6 is 0 Å². The Morgan fingerprint density at radius 3 is 2.39 bits per heavy atom. The van der Waals surface area contributed by atoms with Crippen LogP contribution in [0.1, 0.15) is 144 Å². The van der Waals surface area contributed by atoms with Crippen LogP contribution in [0, 0.1) is 23.7 Å². The second-order valence-electron chi connectivity index (χ2n) is 19.6. The standard InChI is InChI=1S/C44H72O13/c1-25-21-34(55-44(23-25)35(46)12-11-31(54-44)24-41(6,50)40(48)49)26(2)9-10-30-14-18-43(53-30)19-15-33-39(57-43)36(47)29(5)38(52-33)32(45)22-28(4)37-27(3)13-17-42(56-37)16-7-8-20-51-42/h23,26-39,45-47,50H,7-22,24H2,1-6H3,(H,48,49)/t26-,27-,28+,29?,30+,31+,32+,33-,34+,35-,36-,37+,38+,39-,41-,42+,43-,44-/m1/s1. The molecule has 7 aliphatic rings. The summed E-state index contributed by atoms with van der Waals surface area (Å²) in [5, 5.41) is 54.2. The zero-order valence-corrected chi connectivity index (χ0v) is 35.2. The molecule has 6 saturated heterocycles. The molecule has 0 aromatic rings. The summed E-state index contributed by atoms with van der Waals surface area (Å²) in [6.07, 6.45) is 8.63. The minimum Gasteiger partial charge on any atom is -0.479 e. The van der Waals surface area contributed by atoms with Gasteiger partial charge in [-0.2, -0.15) is 0 Å². The van der Waals surface area contributed by atoms with Gasteiger partial charge in [0.25, 0.3) is 0 Å². The van der Waals surface area contributed by atoms with Gasteiger partial charge in [-0.25, -0.2) is 4.79 Å². The number of carboxylic acids is 1. The first-order chi connectivity index (χ1) is 26.9. The van der Waals surface area contributed by atoms with Crippen LogP contribution in [0.3, 0.4) is 0 Å². The molecule has 0 radical (unpaired) electrons. The molecule has 0 aliphatic carbocycles. The van der Waals surface area contributed by atoms with Crippen LogP contribution in [0.15, 0.2) is 11.6 Å². The van der Waals surface area contributed by atoms with Gasteiger partial charge in [0, 0.05) is 38.0 Å². The molecule has 0 aromatic heterocycles. The third-order valence-electron chi connectivity index (χ3n) is 14.8. The molecule has 326 valence electrons. The van der Waals surface area contributed by atoms with E-state index in [2.05, 4.69) is 20.8 Å². The van der Waals surface area contributed by atoms with E-state index in [0.717, 1.165) is 70.0 Å². The predicted octanol–water partition coefficient (Wildman–Crippen LogP) is 5.52. The number of fused-ring (bicyclic) bond motifs is 1. The molecule has 18 atom stereocenters. The Bertz CT molecular complexity index is 1410. The molecule has 0 bridgehead atoms. The zero-order valence-electron chi connectivity index (χ0n) is 35.2. The van der Waals surface area contributed by atoms with Crippen LogP contribution in [-0.2, 0) is 38.0 Å². The Hall–Kier alpha value is -1.23. The van der Waals surface area contributed by atoms with Gasteiger partial charge >= 0.3 is 5.97 Å². The zero-order chi connectivity index (χ0) is 40.9. The third-order valence-corrected chi connectivity index (χ3v) is 14.8. The van der Waals surface area contributed by atoms with Crippen molar-refractivity contribution >= 4 is 5.97 Å². The summed E-state index contributed by atoms with van der Waals surface area (Å²) in [4.78, 5) is 11.6. The maximum atomic E-state index is 11.7. The van der Waals surface area contributed by atoms with E-state index in [0.29, 0.717) is 44.4 Å². The lowest BCUT2D eigenvalue weighted by Gasteiger charge is -2.51. The van der Waals surface area contributed by atoms with Gasteiger partial charge in [0.2, 0.25) is 5.79 Å². The first-order valence-electron chi connectivity index (χ1n) is 22.3. The summed E-state index contributed by atoms with van der Waals surface area (Å²) in [6.45, 7) is 12.5. The Labute approximate surface area is 339 Å². The van der Waals surface area contributed by atoms with Crippen molar-refractivity contribution in [2.75, 3.05) is 6.61 Å². The highest BCUT2D eigenvalue weighted by Crippen LogP contribution is 2.48. The van der Waals surface area contributed by atoms with Gasteiger partial charge in [0.1, 0.15) is 12.2 Å². The number of hydrogen-bond acceptors (Lipinski definition) is 12. The molecule has 3 spiro atoms. The Kier molecular flexibility index (Phi) is 13.3. The average molecular weight is 809 g/mol. The third kappa shape index (κ3) is 9.34. The number of aliphatic hydroxyl groups excluding tert-OH is 3. The number of aliphatic carboxylic acids is 1. The second kappa shape index (κ2) is 17.3. The molecule has 7 aliphatic heterocycles. The van der Waals surface area contributed by atoms with Gasteiger partial charge in [-0.05, 0) is 108 Å². The van der Waals surface area contributed by atoms with E-state index in [-0.39, 0.29) is 48.6 Å². The van der Waals surface area contributed by atoms with Crippen molar-refractivity contribution in [3.8, 4) is 0 Å². The van der Waals surface area contributed by atoms with Gasteiger partial charge in [-0.1, -0.05) is 33.3 Å². The quantitative estimate of drug-likeness (QED) is 0.165. The van der Waals surface area contributed by atoms with E-state index < -0.39 is 65.6 Å². The number of carboxylic acid groups (broad SMARTS) is 1. The van der Waals surface area contributed by atoms with Gasteiger partial charge in [-0.3, -0.25) is 0 Å². The van der Waals surface area contributed by atoms with Crippen LogP contribution in [0.4, 0.5) is 0 Å². The van der Waals surface area contributed by atoms with Crippen molar-refractivity contribution in [2.24, 2.45) is 23.7 Å². The van der Waals surface area contributed by atoms with Gasteiger partial charge in [-0.15, -0.1) is 0 Å². The van der Waals surface area contributed by atoms with E-state index in [1.807, 2.05) is 19.9 Å². The average Bonchev–Trinajstić information content (AvgIpc) is 3.56. The molecular weight excluding hydrogens is 736 g/mol. The molecule has 13 nitrogen and oxygen atoms in total. The summed E-state index contributed by atoms with van der Waals surface area (Å²) >= 11 is 0. The highest BCUT2D eigenvalue weighted by Gasteiger charge is 2.56. The molecule has 5 N–H and O–H groups in total. The molecule has 0 aromatic carbocycles. The summed E-state index contributed by atoms with van der Waals surface area (Å²) in [6, 6.07) is 0. The Morgan fingerprint density at radius 1 is 0.895 bits per heavy atom. The lowest BCUT2D eigenvalue weighted by molar-refractivity contribution is -0.341. The topological polar surface area (TPSA) is 183 Å². The van der Waals surface area contributed by atoms with Crippen LogP contribution < -0.4 is 0 Å². The molecule has 6 fully saturated rings. The van der Waals surface area contributed by atoms with Crippen molar-refractivity contribution in [3.05, 3.63) is 11.6 Å². The fraction of sp³-hybridized carbons (Fsp3) is 0.932. The lowest BCUT2D eigenvalue weighted by atomic mass is 9.78. The van der Waals surface area contributed by atoms with E-state index in [9.17, 15) is 30.3 Å². The van der Waals surface area contributed by atoms with E-state index in [4.69, 9.17) is 33.2 Å². The molecular formula is C44H72O13. The van der Waals surface area contributed by atoms with Gasteiger partial charge in [0.05, 0.1) is 55.4 Å². The largest absolute Gasteiger partial charge is 0.479 e. The predicted molar refractivity (Wildman–Crippen MR) is 208 cm³/mol. The van der Waals surface area contributed by atoms with Crippen molar-refractivity contribution in [2.45, 2.75) is 228 Å². The van der Waals surface area contributed by atoms with Gasteiger partial charge in [0.15, 0.2) is 17.2 Å². The monoisotopic (exact) mass is 808 g/mol. The van der Waals surface area contributed by atoms with Crippen LogP contribution in [0.25, 0.3) is 0 Å². The Morgan fingerprint density at radius 2 is 1.65 bits per heavy atom. The minimum absolute atomic E-state index is 0.00717.